The van der Waals surface area contributed by atoms with Crippen molar-refractivity contribution in [2.24, 2.45) is 0 Å². The molecule has 1 fully saturated rings. The van der Waals surface area contributed by atoms with E-state index in [1.807, 2.05) is 24.3 Å². The van der Waals surface area contributed by atoms with Gasteiger partial charge in [-0.25, -0.2) is 0 Å². The number of hydrogen-bond acceptors (Lipinski definition) is 5. The number of carbonyl (C=O) groups is 1. The molecule has 2 aromatic carbocycles. The molecule has 0 unspecified atom stereocenters. The van der Waals surface area contributed by atoms with Crippen molar-refractivity contribution in [2.45, 2.75) is 13.0 Å². The van der Waals surface area contributed by atoms with E-state index in [4.69, 9.17) is 16.3 Å². The maximum Gasteiger partial charge on any atom is 0.272 e. The topological polar surface area (TPSA) is 84.7 Å². The highest BCUT2D eigenvalue weighted by molar-refractivity contribution is 6.30. The number of benzene rings is 2. The summed E-state index contributed by atoms with van der Waals surface area (Å²) >= 11 is 6.01. The summed E-state index contributed by atoms with van der Waals surface area (Å²) in [7, 11) is 0. The number of aryl methyl sites for hydroxylation is 1. The minimum Gasteiger partial charge on any atom is -0.379 e. The molecule has 1 N–H and O–H groups in total. The standard InChI is InChI=1S/C20H22ClN3O4/c1-14-12-16(4-7-18(14)24(26)27)20(25)22-13-19(23-8-10-28-11-9-23)15-2-5-17(21)6-3-15/h2-7,12,19H,8-11,13H2,1H3,(H,22,25)/t19-/m0/s1. The average molecular weight is 404 g/mol. The average Bonchev–Trinajstić information content (AvgIpc) is 2.69. The van der Waals surface area contributed by atoms with E-state index in [2.05, 4.69) is 10.2 Å². The molecule has 1 atom stereocenters. The molecule has 0 bridgehead atoms. The fourth-order valence-corrected chi connectivity index (χ4v) is 3.45. The van der Waals surface area contributed by atoms with Crippen LogP contribution in [0.4, 0.5) is 5.69 Å². The lowest BCUT2D eigenvalue weighted by molar-refractivity contribution is -0.385. The molecule has 8 heteroatoms. The second-order valence-corrected chi connectivity index (χ2v) is 7.12. The summed E-state index contributed by atoms with van der Waals surface area (Å²) in [5.74, 6) is -0.259. The third-order valence-corrected chi connectivity index (χ3v) is 5.10. The van der Waals surface area contributed by atoms with E-state index in [0.717, 1.165) is 18.7 Å². The maximum atomic E-state index is 12.6. The zero-order valence-electron chi connectivity index (χ0n) is 15.6. The first-order valence-corrected chi connectivity index (χ1v) is 9.44. The number of hydrogen-bond donors (Lipinski definition) is 1. The molecule has 0 saturated carbocycles. The van der Waals surface area contributed by atoms with Crippen molar-refractivity contribution in [1.29, 1.82) is 0 Å². The molecular weight excluding hydrogens is 382 g/mol. The number of morpholine rings is 1. The lowest BCUT2D eigenvalue weighted by Gasteiger charge is -2.35. The number of ether oxygens (including phenoxy) is 1. The van der Waals surface area contributed by atoms with E-state index in [1.165, 1.54) is 12.1 Å². The Morgan fingerprint density at radius 3 is 2.54 bits per heavy atom. The van der Waals surface area contributed by atoms with Gasteiger partial charge in [-0.2, -0.15) is 0 Å². The van der Waals surface area contributed by atoms with Gasteiger partial charge in [0, 0.05) is 41.9 Å². The van der Waals surface area contributed by atoms with Crippen molar-refractivity contribution in [1.82, 2.24) is 10.2 Å². The second-order valence-electron chi connectivity index (χ2n) is 6.68. The van der Waals surface area contributed by atoms with Crippen molar-refractivity contribution < 1.29 is 14.5 Å². The molecule has 28 heavy (non-hydrogen) atoms. The molecule has 0 aliphatic carbocycles. The number of nitrogens with one attached hydrogen (secondary N) is 1. The molecule has 7 nitrogen and oxygen atoms in total. The summed E-state index contributed by atoms with van der Waals surface area (Å²) < 4.78 is 5.44. The number of nitrogens with zero attached hydrogens (tertiary/aromatic N) is 2. The number of halogens is 1. The van der Waals surface area contributed by atoms with Crippen LogP contribution >= 0.6 is 11.6 Å². The SMILES string of the molecule is Cc1cc(C(=O)NC[C@@H](c2ccc(Cl)cc2)N2CCOCC2)ccc1[N+](=O)[O-]. The van der Waals surface area contributed by atoms with Crippen LogP contribution in [0.25, 0.3) is 0 Å². The van der Waals surface area contributed by atoms with Gasteiger partial charge in [-0.05, 0) is 36.8 Å². The number of rotatable bonds is 6. The zero-order valence-corrected chi connectivity index (χ0v) is 16.3. The largest absolute Gasteiger partial charge is 0.379 e. The van der Waals surface area contributed by atoms with Crippen LogP contribution < -0.4 is 5.32 Å². The van der Waals surface area contributed by atoms with Crippen LogP contribution in [0.1, 0.15) is 27.5 Å². The Labute approximate surface area is 168 Å². The van der Waals surface area contributed by atoms with Gasteiger partial charge in [0.2, 0.25) is 0 Å². The first-order chi connectivity index (χ1) is 13.5. The minimum absolute atomic E-state index is 0.00362. The van der Waals surface area contributed by atoms with Gasteiger partial charge >= 0.3 is 0 Å². The Morgan fingerprint density at radius 2 is 1.93 bits per heavy atom. The van der Waals surface area contributed by atoms with Crippen LogP contribution in [0.3, 0.4) is 0 Å². The zero-order chi connectivity index (χ0) is 20.1. The molecular formula is C20H22ClN3O4. The van der Waals surface area contributed by atoms with Gasteiger partial charge in [-0.3, -0.25) is 19.8 Å². The summed E-state index contributed by atoms with van der Waals surface area (Å²) in [5, 5.41) is 14.6. The summed E-state index contributed by atoms with van der Waals surface area (Å²) in [4.78, 5) is 25.4. The molecule has 1 amide bonds. The molecule has 1 heterocycles. The fraction of sp³-hybridized carbons (Fsp3) is 0.350. The molecule has 1 saturated heterocycles. The molecule has 3 rings (SSSR count). The molecule has 1 aliphatic rings. The Bertz CT molecular complexity index is 851. The Balaban J connectivity index is 1.73. The smallest absolute Gasteiger partial charge is 0.272 e. The van der Waals surface area contributed by atoms with E-state index in [-0.39, 0.29) is 17.6 Å². The summed E-state index contributed by atoms with van der Waals surface area (Å²) in [5.41, 5.74) is 1.93. The van der Waals surface area contributed by atoms with Gasteiger partial charge in [0.15, 0.2) is 0 Å². The van der Waals surface area contributed by atoms with Crippen molar-refractivity contribution in [3.8, 4) is 0 Å². The number of amides is 1. The highest BCUT2D eigenvalue weighted by atomic mass is 35.5. The first kappa shape index (κ1) is 20.3. The quantitative estimate of drug-likeness (QED) is 0.590. The van der Waals surface area contributed by atoms with E-state index < -0.39 is 4.92 Å². The molecule has 2 aromatic rings. The van der Waals surface area contributed by atoms with Crippen molar-refractivity contribution in [3.63, 3.8) is 0 Å². The van der Waals surface area contributed by atoms with Crippen LogP contribution in [0, 0.1) is 17.0 Å². The number of carbonyl (C=O) groups excluding carboxylic acids is 1. The highest BCUT2D eigenvalue weighted by Gasteiger charge is 2.23. The Morgan fingerprint density at radius 1 is 1.25 bits per heavy atom. The van der Waals surface area contributed by atoms with Gasteiger partial charge in [0.1, 0.15) is 0 Å². The lowest BCUT2D eigenvalue weighted by Crippen LogP contribution is -2.43. The maximum absolute atomic E-state index is 12.6. The second kappa shape index (κ2) is 9.14. The third-order valence-electron chi connectivity index (χ3n) is 4.85. The number of nitro benzene ring substituents is 1. The summed E-state index contributed by atoms with van der Waals surface area (Å²) in [6.07, 6.45) is 0. The summed E-state index contributed by atoms with van der Waals surface area (Å²) in [6, 6.07) is 12.0. The van der Waals surface area contributed by atoms with Crippen LogP contribution in [0.5, 0.6) is 0 Å². The van der Waals surface area contributed by atoms with Gasteiger partial charge in [-0.15, -0.1) is 0 Å². The van der Waals surface area contributed by atoms with Gasteiger partial charge in [0.25, 0.3) is 11.6 Å². The van der Waals surface area contributed by atoms with Crippen LogP contribution in [0.2, 0.25) is 5.02 Å². The molecule has 0 spiro atoms. The van der Waals surface area contributed by atoms with Gasteiger partial charge in [-0.1, -0.05) is 23.7 Å². The Hall–Kier alpha value is -2.48. The van der Waals surface area contributed by atoms with Crippen molar-refractivity contribution >= 4 is 23.2 Å². The predicted molar refractivity (Wildman–Crippen MR) is 107 cm³/mol. The van der Waals surface area contributed by atoms with Crippen LogP contribution in [-0.4, -0.2) is 48.6 Å². The molecule has 148 valence electrons. The minimum atomic E-state index is -0.452. The van der Waals surface area contributed by atoms with E-state index in [1.54, 1.807) is 13.0 Å². The molecule has 0 radical (unpaired) electrons. The van der Waals surface area contributed by atoms with Crippen molar-refractivity contribution in [2.75, 3.05) is 32.8 Å². The normalized spacial score (nSPS) is 15.8. The van der Waals surface area contributed by atoms with E-state index >= 15 is 0 Å². The highest BCUT2D eigenvalue weighted by Crippen LogP contribution is 2.24. The van der Waals surface area contributed by atoms with E-state index in [9.17, 15) is 14.9 Å². The molecule has 1 aliphatic heterocycles. The van der Waals surface area contributed by atoms with Gasteiger partial charge in [0.05, 0.1) is 24.2 Å². The van der Waals surface area contributed by atoms with Gasteiger partial charge < -0.3 is 10.1 Å². The first-order valence-electron chi connectivity index (χ1n) is 9.06. The van der Waals surface area contributed by atoms with Crippen LogP contribution in [0.15, 0.2) is 42.5 Å². The fourth-order valence-electron chi connectivity index (χ4n) is 3.32. The Kier molecular flexibility index (Phi) is 6.61. The number of nitro groups is 1. The molecule has 0 aromatic heterocycles. The predicted octanol–water partition coefficient (Wildman–Crippen LogP) is 3.36. The monoisotopic (exact) mass is 403 g/mol. The lowest BCUT2D eigenvalue weighted by atomic mass is 10.0. The third kappa shape index (κ3) is 4.86. The van der Waals surface area contributed by atoms with Crippen molar-refractivity contribution in [3.05, 3.63) is 74.3 Å². The van der Waals surface area contributed by atoms with Crippen LogP contribution in [-0.2, 0) is 4.74 Å². The van der Waals surface area contributed by atoms with E-state index in [0.29, 0.717) is 35.9 Å². The summed E-state index contributed by atoms with van der Waals surface area (Å²) in [6.45, 7) is 4.90.